The summed E-state index contributed by atoms with van der Waals surface area (Å²) in [4.78, 5) is 0. The lowest BCUT2D eigenvalue weighted by Gasteiger charge is -2.40. The quantitative estimate of drug-likeness (QED) is 0.844. The lowest BCUT2D eigenvalue weighted by molar-refractivity contribution is -0.0612. The molecule has 0 aliphatic carbocycles. The number of hydrogen-bond acceptors (Lipinski definition) is 5. The molecule has 2 atom stereocenters. The molecule has 0 aromatic heterocycles. The summed E-state index contributed by atoms with van der Waals surface area (Å²) in [6.45, 7) is 5.03. The molecular weight excluding hydrogens is 340 g/mol. The third kappa shape index (κ3) is 3.56. The fourth-order valence-corrected chi connectivity index (χ4v) is 5.12. The molecule has 0 radical (unpaired) electrons. The first kappa shape index (κ1) is 18.6. The maximum atomic E-state index is 12.0. The van der Waals surface area contributed by atoms with Gasteiger partial charge in [-0.15, -0.1) is 0 Å². The van der Waals surface area contributed by atoms with Gasteiger partial charge in [-0.2, -0.15) is 0 Å². The van der Waals surface area contributed by atoms with Crippen LogP contribution in [0.1, 0.15) is 42.6 Å². The molecule has 1 fully saturated rings. The molecule has 2 aliphatic rings. The lowest BCUT2D eigenvalue weighted by atomic mass is 9.83. The maximum Gasteiger partial charge on any atom is 0.213 e. The van der Waals surface area contributed by atoms with Gasteiger partial charge in [0.1, 0.15) is 5.75 Å². The van der Waals surface area contributed by atoms with Gasteiger partial charge in [-0.05, 0) is 43.7 Å². The first-order valence-electron chi connectivity index (χ1n) is 9.02. The van der Waals surface area contributed by atoms with Crippen LogP contribution in [0.3, 0.4) is 0 Å². The second-order valence-electron chi connectivity index (χ2n) is 7.04. The van der Waals surface area contributed by atoms with E-state index in [4.69, 9.17) is 10.5 Å². The first-order valence-corrected chi connectivity index (χ1v) is 10.6. The van der Waals surface area contributed by atoms with Gasteiger partial charge < -0.3 is 15.6 Å². The summed E-state index contributed by atoms with van der Waals surface area (Å²) in [5, 5.41) is 10.5. The van der Waals surface area contributed by atoms with E-state index < -0.39 is 10.0 Å². The highest BCUT2D eigenvalue weighted by atomic mass is 32.2. The molecule has 0 spiro atoms. The number of ether oxygens (including phenoxy) is 1. The zero-order chi connectivity index (χ0) is 18.2. The number of nitrogens with zero attached hydrogens (tertiary/aromatic N) is 1. The van der Waals surface area contributed by atoms with Gasteiger partial charge in [0.2, 0.25) is 10.0 Å². The minimum absolute atomic E-state index is 0.0276. The van der Waals surface area contributed by atoms with Crippen LogP contribution in [0.4, 0.5) is 0 Å². The van der Waals surface area contributed by atoms with Crippen LogP contribution in [-0.2, 0) is 21.2 Å². The molecule has 3 rings (SSSR count). The number of piperidine rings is 1. The van der Waals surface area contributed by atoms with Crippen molar-refractivity contribution in [3.63, 3.8) is 0 Å². The Labute approximate surface area is 150 Å². The zero-order valence-corrected chi connectivity index (χ0v) is 15.8. The average molecular weight is 368 g/mol. The normalized spacial score (nSPS) is 25.7. The molecule has 1 saturated heterocycles. The van der Waals surface area contributed by atoms with Crippen LogP contribution in [0.25, 0.3) is 0 Å². The summed E-state index contributed by atoms with van der Waals surface area (Å²) in [6.07, 6.45) is 1.98. The van der Waals surface area contributed by atoms with Crippen LogP contribution in [0.15, 0.2) is 12.1 Å². The molecule has 2 heterocycles. The van der Waals surface area contributed by atoms with Gasteiger partial charge in [-0.3, -0.25) is 0 Å². The summed E-state index contributed by atoms with van der Waals surface area (Å²) in [5.74, 6) is 0.772. The van der Waals surface area contributed by atoms with Crippen molar-refractivity contribution in [3.05, 3.63) is 28.8 Å². The SMILES string of the molecule is CCS(=O)(=O)N1CCC(C2Cc3c(ccc(C)c3O)C(CN)O2)CC1. The van der Waals surface area contributed by atoms with Crippen LogP contribution in [0.5, 0.6) is 5.75 Å². The molecular formula is C18H28N2O4S. The Bertz CT molecular complexity index is 727. The molecule has 3 N–H and O–H groups in total. The Morgan fingerprint density at radius 3 is 2.60 bits per heavy atom. The fourth-order valence-electron chi connectivity index (χ4n) is 3.99. The summed E-state index contributed by atoms with van der Waals surface area (Å²) in [5.41, 5.74) is 8.68. The molecule has 25 heavy (non-hydrogen) atoms. The van der Waals surface area contributed by atoms with E-state index >= 15 is 0 Å². The number of aromatic hydroxyl groups is 1. The number of rotatable bonds is 4. The highest BCUT2D eigenvalue weighted by Gasteiger charge is 2.36. The largest absolute Gasteiger partial charge is 0.507 e. The Kier molecular flexibility index (Phi) is 5.39. The van der Waals surface area contributed by atoms with Gasteiger partial charge in [-0.25, -0.2) is 12.7 Å². The van der Waals surface area contributed by atoms with Gasteiger partial charge in [0.15, 0.2) is 0 Å². The molecule has 2 aliphatic heterocycles. The first-order chi connectivity index (χ1) is 11.9. The monoisotopic (exact) mass is 368 g/mol. The highest BCUT2D eigenvalue weighted by molar-refractivity contribution is 7.89. The molecule has 2 unspecified atom stereocenters. The predicted octanol–water partition coefficient (Wildman–Crippen LogP) is 1.70. The van der Waals surface area contributed by atoms with Crippen LogP contribution >= 0.6 is 0 Å². The third-order valence-electron chi connectivity index (χ3n) is 5.61. The molecule has 1 aromatic carbocycles. The van der Waals surface area contributed by atoms with Gasteiger partial charge in [0, 0.05) is 31.6 Å². The highest BCUT2D eigenvalue weighted by Crippen LogP contribution is 2.40. The Hall–Kier alpha value is -1.15. The number of hydrogen-bond donors (Lipinski definition) is 2. The Morgan fingerprint density at radius 2 is 2.00 bits per heavy atom. The minimum atomic E-state index is -3.12. The lowest BCUT2D eigenvalue weighted by Crippen LogP contribution is -2.44. The van der Waals surface area contributed by atoms with Crippen molar-refractivity contribution >= 4 is 10.0 Å². The summed E-state index contributed by atoms with van der Waals surface area (Å²) < 4.78 is 31.9. The average Bonchev–Trinajstić information content (AvgIpc) is 2.64. The summed E-state index contributed by atoms with van der Waals surface area (Å²) in [7, 11) is -3.12. The zero-order valence-electron chi connectivity index (χ0n) is 14.9. The number of aryl methyl sites for hydroxylation is 1. The van der Waals surface area contributed by atoms with Crippen molar-refractivity contribution in [2.24, 2.45) is 11.7 Å². The van der Waals surface area contributed by atoms with E-state index in [1.54, 1.807) is 11.2 Å². The third-order valence-corrected chi connectivity index (χ3v) is 7.49. The predicted molar refractivity (Wildman–Crippen MR) is 97.0 cm³/mol. The minimum Gasteiger partial charge on any atom is -0.507 e. The Morgan fingerprint density at radius 1 is 1.32 bits per heavy atom. The van der Waals surface area contributed by atoms with E-state index in [0.29, 0.717) is 31.8 Å². The number of sulfonamides is 1. The van der Waals surface area contributed by atoms with Crippen molar-refractivity contribution in [1.29, 1.82) is 0 Å². The van der Waals surface area contributed by atoms with E-state index in [1.807, 2.05) is 19.1 Å². The van der Waals surface area contributed by atoms with Gasteiger partial charge in [-0.1, -0.05) is 12.1 Å². The van der Waals surface area contributed by atoms with E-state index in [-0.39, 0.29) is 23.9 Å². The van der Waals surface area contributed by atoms with Crippen LogP contribution in [-0.4, -0.2) is 49.3 Å². The molecule has 0 bridgehead atoms. The van der Waals surface area contributed by atoms with Crippen molar-refractivity contribution in [1.82, 2.24) is 4.31 Å². The van der Waals surface area contributed by atoms with Crippen molar-refractivity contribution in [2.75, 3.05) is 25.4 Å². The number of benzene rings is 1. The smallest absolute Gasteiger partial charge is 0.213 e. The van der Waals surface area contributed by atoms with Crippen LogP contribution in [0.2, 0.25) is 0 Å². The van der Waals surface area contributed by atoms with Crippen molar-refractivity contribution < 1.29 is 18.3 Å². The number of nitrogens with two attached hydrogens (primary N) is 1. The number of fused-ring (bicyclic) bond motifs is 1. The second kappa shape index (κ2) is 7.23. The van der Waals surface area contributed by atoms with Gasteiger partial charge >= 0.3 is 0 Å². The molecule has 1 aromatic rings. The van der Waals surface area contributed by atoms with Crippen LogP contribution < -0.4 is 5.73 Å². The van der Waals surface area contributed by atoms with E-state index in [9.17, 15) is 13.5 Å². The number of phenols is 1. The topological polar surface area (TPSA) is 92.9 Å². The molecule has 140 valence electrons. The maximum absolute atomic E-state index is 12.0. The van der Waals surface area contributed by atoms with Crippen molar-refractivity contribution in [3.8, 4) is 5.75 Å². The van der Waals surface area contributed by atoms with E-state index in [1.165, 1.54) is 0 Å². The standard InChI is InChI=1S/C18H28N2O4S/c1-3-25(22,23)20-8-6-13(7-9-20)16-10-15-14(17(11-19)24-16)5-4-12(2)18(15)21/h4-5,13,16-17,21H,3,6-11,19H2,1-2H3. The summed E-state index contributed by atoms with van der Waals surface area (Å²) >= 11 is 0. The van der Waals surface area contributed by atoms with E-state index in [2.05, 4.69) is 0 Å². The molecule has 7 heteroatoms. The van der Waals surface area contributed by atoms with Crippen LogP contribution in [0, 0.1) is 12.8 Å². The van der Waals surface area contributed by atoms with E-state index in [0.717, 1.165) is 29.5 Å². The Balaban J connectivity index is 1.76. The molecule has 6 nitrogen and oxygen atoms in total. The number of phenolic OH excluding ortho intramolecular Hbond substituents is 1. The fraction of sp³-hybridized carbons (Fsp3) is 0.667. The summed E-state index contributed by atoms with van der Waals surface area (Å²) in [6, 6.07) is 3.89. The molecule has 0 amide bonds. The van der Waals surface area contributed by atoms with Crippen molar-refractivity contribution in [2.45, 2.75) is 45.3 Å². The second-order valence-corrected chi connectivity index (χ2v) is 9.30. The van der Waals surface area contributed by atoms with Gasteiger partial charge in [0.25, 0.3) is 0 Å². The van der Waals surface area contributed by atoms with Gasteiger partial charge in [0.05, 0.1) is 18.0 Å². The molecule has 0 saturated carbocycles.